The van der Waals surface area contributed by atoms with Crippen LogP contribution in [0.4, 0.5) is 4.39 Å². The fourth-order valence-corrected chi connectivity index (χ4v) is 4.38. The van der Waals surface area contributed by atoms with Crippen molar-refractivity contribution in [1.82, 2.24) is 30.2 Å². The second-order valence-electron chi connectivity index (χ2n) is 10.2. The number of nitrogens with zero attached hydrogens (tertiary/aromatic N) is 5. The van der Waals surface area contributed by atoms with E-state index in [-0.39, 0.29) is 18.9 Å². The molecule has 1 aliphatic heterocycles. The molecule has 178 valence electrons. The van der Waals surface area contributed by atoms with Crippen LogP contribution in [0.1, 0.15) is 76.2 Å². The van der Waals surface area contributed by atoms with Gasteiger partial charge < -0.3 is 15.3 Å². The molecule has 33 heavy (non-hydrogen) atoms. The molecule has 4 rings (SSSR count). The zero-order valence-corrected chi connectivity index (χ0v) is 19.4. The molecule has 0 unspecified atom stereocenters. The van der Waals surface area contributed by atoms with Gasteiger partial charge in [-0.1, -0.05) is 26.0 Å². The Hall–Kier alpha value is -2.88. The Labute approximate surface area is 192 Å². The number of aliphatic hydroxyl groups is 1. The minimum absolute atomic E-state index is 0.0591. The molecule has 2 amide bonds. The van der Waals surface area contributed by atoms with Crippen LogP contribution in [0.15, 0.2) is 24.7 Å². The molecule has 1 aliphatic carbocycles. The van der Waals surface area contributed by atoms with Gasteiger partial charge in [0, 0.05) is 31.3 Å². The standard InChI is InChI=1S/C23H31FN6O3/c1-13(15-7-16(24)10-25-9-15)26-21(32)19-8-17(31)11-29(19)22(33)20(23(2,3)4)30-12-18(27-28-30)14-5-6-14/h7,9-10,12-14,17,19-20,31H,5-6,8,11H2,1-4H3,(H,26,32)/t13-,17-,19+,20-/m1/s1. The van der Waals surface area contributed by atoms with E-state index in [1.54, 1.807) is 11.6 Å². The van der Waals surface area contributed by atoms with E-state index in [2.05, 4.69) is 20.6 Å². The normalized spacial score (nSPS) is 22.8. The molecule has 1 saturated carbocycles. The number of β-amino-alcohol motifs (C(OH)–C–C–N with tert-alkyl or cyclic N) is 1. The SMILES string of the molecule is C[C@@H](NC(=O)[C@@H]1C[C@@H](O)CN1C(=O)[C@@H](n1cc(C2CC2)nn1)C(C)(C)C)c1cncc(F)c1. The highest BCUT2D eigenvalue weighted by Gasteiger charge is 2.45. The number of likely N-dealkylation sites (tertiary alicyclic amines) is 1. The molecule has 3 heterocycles. The second kappa shape index (κ2) is 8.81. The number of carbonyl (C=O) groups is 2. The lowest BCUT2D eigenvalue weighted by atomic mass is 9.85. The quantitative estimate of drug-likeness (QED) is 0.686. The van der Waals surface area contributed by atoms with Gasteiger partial charge in [-0.2, -0.15) is 0 Å². The summed E-state index contributed by atoms with van der Waals surface area (Å²) in [6, 6.07) is -0.719. The summed E-state index contributed by atoms with van der Waals surface area (Å²) in [6.45, 7) is 7.60. The van der Waals surface area contributed by atoms with E-state index in [4.69, 9.17) is 0 Å². The fraction of sp³-hybridized carbons (Fsp3) is 0.609. The van der Waals surface area contributed by atoms with Crippen molar-refractivity contribution >= 4 is 11.8 Å². The van der Waals surface area contributed by atoms with E-state index in [9.17, 15) is 19.1 Å². The zero-order valence-electron chi connectivity index (χ0n) is 19.4. The summed E-state index contributed by atoms with van der Waals surface area (Å²) in [5.74, 6) is -0.776. The molecule has 2 N–H and O–H groups in total. The van der Waals surface area contributed by atoms with Crippen LogP contribution in [0.2, 0.25) is 0 Å². The van der Waals surface area contributed by atoms with Crippen molar-refractivity contribution in [2.75, 3.05) is 6.54 Å². The number of hydrogen-bond acceptors (Lipinski definition) is 6. The van der Waals surface area contributed by atoms with Crippen LogP contribution in [-0.4, -0.2) is 60.5 Å². The average molecular weight is 459 g/mol. The van der Waals surface area contributed by atoms with E-state index < -0.39 is 41.4 Å². The number of hydrogen-bond donors (Lipinski definition) is 2. The highest BCUT2D eigenvalue weighted by Crippen LogP contribution is 2.40. The lowest BCUT2D eigenvalue weighted by molar-refractivity contribution is -0.144. The first-order valence-electron chi connectivity index (χ1n) is 11.4. The molecule has 2 fully saturated rings. The molecule has 2 aromatic rings. The molecule has 0 spiro atoms. The Kier molecular flexibility index (Phi) is 6.22. The van der Waals surface area contributed by atoms with Gasteiger partial charge in [0.1, 0.15) is 17.9 Å². The van der Waals surface area contributed by atoms with Crippen molar-refractivity contribution in [3.63, 3.8) is 0 Å². The van der Waals surface area contributed by atoms with Crippen LogP contribution in [0.5, 0.6) is 0 Å². The van der Waals surface area contributed by atoms with Gasteiger partial charge in [0.15, 0.2) is 0 Å². The Morgan fingerprint density at radius 3 is 2.64 bits per heavy atom. The lowest BCUT2D eigenvalue weighted by Gasteiger charge is -2.34. The van der Waals surface area contributed by atoms with Gasteiger partial charge in [-0.15, -0.1) is 5.10 Å². The van der Waals surface area contributed by atoms with E-state index in [1.807, 2.05) is 27.0 Å². The van der Waals surface area contributed by atoms with Gasteiger partial charge in [0.25, 0.3) is 0 Å². The van der Waals surface area contributed by atoms with Crippen molar-refractivity contribution in [2.45, 2.75) is 77.1 Å². The first-order chi connectivity index (χ1) is 15.5. The van der Waals surface area contributed by atoms with Crippen molar-refractivity contribution in [2.24, 2.45) is 5.41 Å². The van der Waals surface area contributed by atoms with Gasteiger partial charge in [0.05, 0.1) is 24.0 Å². The Balaban J connectivity index is 1.54. The summed E-state index contributed by atoms with van der Waals surface area (Å²) in [4.78, 5) is 32.1. The topological polar surface area (TPSA) is 113 Å². The first-order valence-corrected chi connectivity index (χ1v) is 11.4. The predicted octanol–water partition coefficient (Wildman–Crippen LogP) is 2.12. The smallest absolute Gasteiger partial charge is 0.248 e. The summed E-state index contributed by atoms with van der Waals surface area (Å²) < 4.78 is 15.1. The maximum atomic E-state index is 13.7. The van der Waals surface area contributed by atoms with E-state index in [0.29, 0.717) is 11.5 Å². The third-order valence-corrected chi connectivity index (χ3v) is 6.29. The Bertz CT molecular complexity index is 1030. The minimum atomic E-state index is -0.840. The van der Waals surface area contributed by atoms with Crippen molar-refractivity contribution in [3.05, 3.63) is 41.7 Å². The third kappa shape index (κ3) is 5.05. The molecule has 4 atom stereocenters. The number of carbonyl (C=O) groups excluding carboxylic acids is 2. The number of aromatic nitrogens is 4. The summed E-state index contributed by atoms with van der Waals surface area (Å²) in [5, 5.41) is 21.6. The van der Waals surface area contributed by atoms with Crippen LogP contribution >= 0.6 is 0 Å². The predicted molar refractivity (Wildman–Crippen MR) is 117 cm³/mol. The van der Waals surface area contributed by atoms with Crippen LogP contribution < -0.4 is 5.32 Å². The molecule has 0 aromatic carbocycles. The molecular weight excluding hydrogens is 427 g/mol. The average Bonchev–Trinajstić information content (AvgIpc) is 3.34. The summed E-state index contributed by atoms with van der Waals surface area (Å²) >= 11 is 0. The van der Waals surface area contributed by atoms with Crippen molar-refractivity contribution in [1.29, 1.82) is 0 Å². The number of aliphatic hydroxyl groups excluding tert-OH is 1. The molecule has 0 radical (unpaired) electrons. The largest absolute Gasteiger partial charge is 0.391 e. The number of halogens is 1. The number of amides is 2. The van der Waals surface area contributed by atoms with Crippen molar-refractivity contribution < 1.29 is 19.1 Å². The molecule has 0 bridgehead atoms. The Morgan fingerprint density at radius 2 is 2.00 bits per heavy atom. The van der Waals surface area contributed by atoms with Crippen LogP contribution in [-0.2, 0) is 9.59 Å². The highest BCUT2D eigenvalue weighted by molar-refractivity contribution is 5.90. The summed E-state index contributed by atoms with van der Waals surface area (Å²) in [6.07, 6.45) is 5.88. The van der Waals surface area contributed by atoms with Gasteiger partial charge in [-0.3, -0.25) is 14.6 Å². The maximum absolute atomic E-state index is 13.7. The van der Waals surface area contributed by atoms with Crippen LogP contribution in [0.3, 0.4) is 0 Å². The van der Waals surface area contributed by atoms with E-state index in [0.717, 1.165) is 24.7 Å². The van der Waals surface area contributed by atoms with Crippen LogP contribution in [0.25, 0.3) is 0 Å². The molecule has 9 nitrogen and oxygen atoms in total. The monoisotopic (exact) mass is 458 g/mol. The maximum Gasteiger partial charge on any atom is 0.248 e. The minimum Gasteiger partial charge on any atom is -0.391 e. The first kappa shape index (κ1) is 23.3. The highest BCUT2D eigenvalue weighted by atomic mass is 19.1. The van der Waals surface area contributed by atoms with Crippen LogP contribution in [0, 0.1) is 11.2 Å². The van der Waals surface area contributed by atoms with Gasteiger partial charge in [-0.25, -0.2) is 9.07 Å². The Morgan fingerprint density at radius 1 is 1.27 bits per heavy atom. The molecule has 2 aromatic heterocycles. The second-order valence-corrected chi connectivity index (χ2v) is 10.2. The van der Waals surface area contributed by atoms with Gasteiger partial charge in [0.2, 0.25) is 11.8 Å². The lowest BCUT2D eigenvalue weighted by Crippen LogP contribution is -2.50. The van der Waals surface area contributed by atoms with E-state index >= 15 is 0 Å². The zero-order chi connectivity index (χ0) is 23.9. The molecule has 10 heteroatoms. The van der Waals surface area contributed by atoms with E-state index in [1.165, 1.54) is 17.2 Å². The molecule has 2 aliphatic rings. The summed E-state index contributed by atoms with van der Waals surface area (Å²) in [7, 11) is 0. The molecule has 1 saturated heterocycles. The van der Waals surface area contributed by atoms with Gasteiger partial charge >= 0.3 is 0 Å². The number of pyridine rings is 1. The number of nitrogens with one attached hydrogen (secondary N) is 1. The van der Waals surface area contributed by atoms with Crippen molar-refractivity contribution in [3.8, 4) is 0 Å². The van der Waals surface area contributed by atoms with Gasteiger partial charge in [-0.05, 0) is 36.8 Å². The summed E-state index contributed by atoms with van der Waals surface area (Å²) in [5.41, 5.74) is 0.897. The third-order valence-electron chi connectivity index (χ3n) is 6.29. The fourth-order valence-electron chi connectivity index (χ4n) is 4.38. The molecular formula is C23H31FN6O3. The number of rotatable bonds is 6.